The quantitative estimate of drug-likeness (QED) is 0.329. The van der Waals surface area contributed by atoms with E-state index in [1.807, 2.05) is 74.5 Å². The van der Waals surface area contributed by atoms with Crippen LogP contribution >= 0.6 is 0 Å². The summed E-state index contributed by atoms with van der Waals surface area (Å²) in [6.45, 7) is 3.83. The van der Waals surface area contributed by atoms with E-state index < -0.39 is 17.8 Å². The Morgan fingerprint density at radius 1 is 0.706 bits per heavy atom. The molecule has 0 fully saturated rings. The zero-order valence-electron chi connectivity index (χ0n) is 18.9. The van der Waals surface area contributed by atoms with Gasteiger partial charge in [-0.1, -0.05) is 83.9 Å². The van der Waals surface area contributed by atoms with E-state index in [4.69, 9.17) is 0 Å². The van der Waals surface area contributed by atoms with Gasteiger partial charge in [0.25, 0.3) is 5.91 Å². The minimum absolute atomic E-state index is 0.288. The monoisotopic (exact) mass is 459 g/mol. The van der Waals surface area contributed by atoms with Crippen molar-refractivity contribution in [3.63, 3.8) is 0 Å². The van der Waals surface area contributed by atoms with Crippen molar-refractivity contribution in [3.8, 4) is 11.1 Å². The van der Waals surface area contributed by atoms with Crippen LogP contribution in [0.3, 0.4) is 0 Å². The normalized spacial score (nSPS) is 12.3. The van der Waals surface area contributed by atoms with Crippen molar-refractivity contribution in [2.24, 2.45) is 0 Å². The Labute approximate surface area is 197 Å². The van der Waals surface area contributed by atoms with E-state index in [2.05, 4.69) is 5.32 Å². The molecule has 4 aromatic carbocycles. The number of carbonyl (C=O) groups is 1. The summed E-state index contributed by atoms with van der Waals surface area (Å²) in [5.74, 6) is -0.288. The second-order valence-corrected chi connectivity index (χ2v) is 8.39. The molecule has 0 saturated heterocycles. The van der Waals surface area contributed by atoms with Gasteiger partial charge in [-0.3, -0.25) is 4.79 Å². The lowest BCUT2D eigenvalue weighted by Gasteiger charge is -2.21. The first-order valence-electron chi connectivity index (χ1n) is 10.9. The van der Waals surface area contributed by atoms with Crippen molar-refractivity contribution in [3.05, 3.63) is 130 Å². The molecule has 0 aromatic heterocycles. The number of alkyl halides is 3. The molecule has 34 heavy (non-hydrogen) atoms. The highest BCUT2D eigenvalue weighted by atomic mass is 19.4. The van der Waals surface area contributed by atoms with Crippen LogP contribution in [0.2, 0.25) is 0 Å². The van der Waals surface area contributed by atoms with Crippen molar-refractivity contribution >= 4 is 5.91 Å². The highest BCUT2D eigenvalue weighted by molar-refractivity contribution is 5.95. The van der Waals surface area contributed by atoms with Crippen LogP contribution < -0.4 is 5.32 Å². The molecule has 0 aliphatic carbocycles. The summed E-state index contributed by atoms with van der Waals surface area (Å²) >= 11 is 0. The topological polar surface area (TPSA) is 29.1 Å². The van der Waals surface area contributed by atoms with Crippen LogP contribution in [0.25, 0.3) is 11.1 Å². The van der Waals surface area contributed by atoms with E-state index in [9.17, 15) is 18.0 Å². The van der Waals surface area contributed by atoms with Gasteiger partial charge in [-0.05, 0) is 60.4 Å². The molecule has 0 spiro atoms. The highest BCUT2D eigenvalue weighted by Crippen LogP contribution is 2.32. The molecule has 4 aromatic rings. The van der Waals surface area contributed by atoms with Gasteiger partial charge in [0.2, 0.25) is 0 Å². The summed E-state index contributed by atoms with van der Waals surface area (Å²) in [5, 5.41) is 3.02. The molecule has 1 unspecified atom stereocenters. The standard InChI is InChI=1S/C29H24F3NO/c1-19-16-20(2)18-25(17-19)28(34)33-27(24-12-14-26(15-13-24)29(30,31)32)23-10-8-22(9-11-23)21-6-4-3-5-7-21/h3-18,27H,1-2H3,(H,33,34). The molecule has 172 valence electrons. The number of hydrogen-bond acceptors (Lipinski definition) is 1. The van der Waals surface area contributed by atoms with Gasteiger partial charge in [0.15, 0.2) is 0 Å². The zero-order valence-corrected chi connectivity index (χ0v) is 18.9. The van der Waals surface area contributed by atoms with Crippen LogP contribution in [0, 0.1) is 13.8 Å². The fourth-order valence-corrected chi connectivity index (χ4v) is 4.04. The van der Waals surface area contributed by atoms with Crippen molar-refractivity contribution in [2.75, 3.05) is 0 Å². The lowest BCUT2D eigenvalue weighted by Crippen LogP contribution is -2.29. The Kier molecular flexibility index (Phi) is 6.55. The van der Waals surface area contributed by atoms with Gasteiger partial charge in [-0.25, -0.2) is 0 Å². The van der Waals surface area contributed by atoms with Gasteiger partial charge in [0.05, 0.1) is 11.6 Å². The molecule has 0 radical (unpaired) electrons. The van der Waals surface area contributed by atoms with Crippen molar-refractivity contribution in [1.29, 1.82) is 0 Å². The fourth-order valence-electron chi connectivity index (χ4n) is 4.04. The molecule has 2 nitrogen and oxygen atoms in total. The molecular formula is C29H24F3NO. The molecule has 1 amide bonds. The first-order chi connectivity index (χ1) is 16.2. The lowest BCUT2D eigenvalue weighted by atomic mass is 9.95. The zero-order chi connectivity index (χ0) is 24.3. The van der Waals surface area contributed by atoms with Crippen LogP contribution in [-0.2, 0) is 6.18 Å². The maximum absolute atomic E-state index is 13.1. The Balaban J connectivity index is 1.69. The maximum atomic E-state index is 13.1. The number of aryl methyl sites for hydroxylation is 2. The van der Waals surface area contributed by atoms with Crippen LogP contribution in [-0.4, -0.2) is 5.91 Å². The van der Waals surface area contributed by atoms with E-state index in [-0.39, 0.29) is 5.91 Å². The van der Waals surface area contributed by atoms with Crippen LogP contribution in [0.4, 0.5) is 13.2 Å². The smallest absolute Gasteiger partial charge is 0.341 e. The van der Waals surface area contributed by atoms with Crippen LogP contribution in [0.15, 0.2) is 97.1 Å². The summed E-state index contributed by atoms with van der Waals surface area (Å²) in [7, 11) is 0. The number of nitrogens with one attached hydrogen (secondary N) is 1. The molecule has 4 rings (SSSR count). The molecule has 0 bridgehead atoms. The van der Waals surface area contributed by atoms with E-state index >= 15 is 0 Å². The Morgan fingerprint density at radius 2 is 1.21 bits per heavy atom. The second-order valence-electron chi connectivity index (χ2n) is 8.39. The molecule has 0 aliphatic heterocycles. The predicted molar refractivity (Wildman–Crippen MR) is 129 cm³/mol. The summed E-state index contributed by atoms with van der Waals surface area (Å²) in [5.41, 5.74) is 5.11. The van der Waals surface area contributed by atoms with Crippen molar-refractivity contribution < 1.29 is 18.0 Å². The van der Waals surface area contributed by atoms with E-state index in [0.717, 1.165) is 39.9 Å². The summed E-state index contributed by atoms with van der Waals surface area (Å²) in [4.78, 5) is 13.1. The molecule has 5 heteroatoms. The molecule has 0 heterocycles. The molecule has 1 N–H and O–H groups in total. The third-order valence-corrected chi connectivity index (χ3v) is 5.68. The Morgan fingerprint density at radius 3 is 1.74 bits per heavy atom. The van der Waals surface area contributed by atoms with Gasteiger partial charge in [-0.15, -0.1) is 0 Å². The number of hydrogen-bond donors (Lipinski definition) is 1. The third kappa shape index (κ3) is 5.37. The third-order valence-electron chi connectivity index (χ3n) is 5.68. The van der Waals surface area contributed by atoms with Crippen molar-refractivity contribution in [1.82, 2.24) is 5.32 Å². The summed E-state index contributed by atoms with van der Waals surface area (Å²) < 4.78 is 39.3. The van der Waals surface area contributed by atoms with Gasteiger partial charge in [0.1, 0.15) is 0 Å². The second kappa shape index (κ2) is 9.56. The fraction of sp³-hybridized carbons (Fsp3) is 0.138. The van der Waals surface area contributed by atoms with E-state index in [0.29, 0.717) is 11.1 Å². The molecule has 1 atom stereocenters. The average molecular weight is 460 g/mol. The predicted octanol–water partition coefficient (Wildman–Crippen LogP) is 7.51. The first-order valence-corrected chi connectivity index (χ1v) is 10.9. The SMILES string of the molecule is Cc1cc(C)cc(C(=O)NC(c2ccc(-c3ccccc3)cc2)c2ccc(C(F)(F)F)cc2)c1. The minimum Gasteiger partial charge on any atom is -0.341 e. The van der Waals surface area contributed by atoms with Crippen LogP contribution in [0.5, 0.6) is 0 Å². The minimum atomic E-state index is -4.42. The Hall–Kier alpha value is -3.86. The Bertz CT molecular complexity index is 1260. The van der Waals surface area contributed by atoms with Crippen LogP contribution in [0.1, 0.15) is 44.2 Å². The summed E-state index contributed by atoms with van der Waals surface area (Å²) in [6, 6.07) is 27.4. The number of carbonyl (C=O) groups excluding carboxylic acids is 1. The lowest BCUT2D eigenvalue weighted by molar-refractivity contribution is -0.137. The number of halogens is 3. The largest absolute Gasteiger partial charge is 0.416 e. The van der Waals surface area contributed by atoms with Gasteiger partial charge in [-0.2, -0.15) is 13.2 Å². The first kappa shape index (κ1) is 23.3. The molecular weight excluding hydrogens is 435 g/mol. The van der Waals surface area contributed by atoms with Gasteiger partial charge in [0, 0.05) is 5.56 Å². The number of benzene rings is 4. The number of amides is 1. The average Bonchev–Trinajstić information content (AvgIpc) is 2.82. The maximum Gasteiger partial charge on any atom is 0.416 e. The van der Waals surface area contributed by atoms with Gasteiger partial charge >= 0.3 is 6.18 Å². The highest BCUT2D eigenvalue weighted by Gasteiger charge is 2.30. The molecule has 0 aliphatic rings. The van der Waals surface area contributed by atoms with Gasteiger partial charge < -0.3 is 5.32 Å². The van der Waals surface area contributed by atoms with E-state index in [1.165, 1.54) is 12.1 Å². The molecule has 0 saturated carbocycles. The van der Waals surface area contributed by atoms with E-state index in [1.54, 1.807) is 12.1 Å². The number of rotatable bonds is 5. The van der Waals surface area contributed by atoms with Crippen molar-refractivity contribution in [2.45, 2.75) is 26.1 Å². The summed E-state index contributed by atoms with van der Waals surface area (Å²) in [6.07, 6.45) is -4.42.